The lowest BCUT2D eigenvalue weighted by molar-refractivity contribution is -0.152. The van der Waals surface area contributed by atoms with Crippen LogP contribution in [0.2, 0.25) is 0 Å². The molecule has 4 aromatic rings. The average Bonchev–Trinajstić information content (AvgIpc) is 2.96. The van der Waals surface area contributed by atoms with E-state index in [1.807, 2.05) is 72.8 Å². The van der Waals surface area contributed by atoms with Crippen molar-refractivity contribution in [3.05, 3.63) is 114 Å². The van der Waals surface area contributed by atoms with E-state index in [-0.39, 0.29) is 5.97 Å². The SMILES string of the molecule is CC(C)Cc1ccc([C@@H](Cc2ccccc2)C(=O)O[C@H]2CCCC[C@@H]2S(=O)(=O)c2ccc3ccccc3c2)cc1. The van der Waals surface area contributed by atoms with Gasteiger partial charge in [0.15, 0.2) is 9.84 Å². The predicted octanol–water partition coefficient (Wildman–Crippen LogP) is 7.69. The number of carbonyl (C=O) groups excluding carboxylic acids is 1. The van der Waals surface area contributed by atoms with Crippen molar-refractivity contribution in [1.29, 1.82) is 0 Å². The van der Waals surface area contributed by atoms with E-state index in [4.69, 9.17) is 4.74 Å². The molecule has 0 saturated heterocycles. The lowest BCUT2D eigenvalue weighted by atomic mass is 9.90. The van der Waals surface area contributed by atoms with E-state index in [0.29, 0.717) is 30.1 Å². The molecule has 0 heterocycles. The highest BCUT2D eigenvalue weighted by Crippen LogP contribution is 2.34. The average molecular weight is 555 g/mol. The van der Waals surface area contributed by atoms with E-state index in [1.165, 1.54) is 5.56 Å². The third-order valence-electron chi connectivity index (χ3n) is 7.95. The van der Waals surface area contributed by atoms with E-state index in [9.17, 15) is 13.2 Å². The molecule has 5 rings (SSSR count). The summed E-state index contributed by atoms with van der Waals surface area (Å²) in [6, 6.07) is 31.2. The van der Waals surface area contributed by atoms with Crippen molar-refractivity contribution in [3.8, 4) is 0 Å². The molecule has 0 aliphatic heterocycles. The fourth-order valence-corrected chi connectivity index (χ4v) is 7.81. The molecular formula is C35H38O4S. The maximum Gasteiger partial charge on any atom is 0.314 e. The molecule has 0 amide bonds. The molecular weight excluding hydrogens is 516 g/mol. The standard InChI is InChI=1S/C35H38O4S/c1-25(2)22-27-16-18-29(19-17-27)32(23-26-10-4-3-5-11-26)35(36)39-33-14-8-9-15-34(33)40(37,38)31-21-20-28-12-6-7-13-30(28)24-31/h3-7,10-13,16-21,24-25,32-34H,8-9,14-15,22-23H2,1-2H3/t32-,33+,34+/m1/s1. The van der Waals surface area contributed by atoms with Gasteiger partial charge in [-0.25, -0.2) is 8.42 Å². The minimum atomic E-state index is -3.69. The Morgan fingerprint density at radius 3 is 2.15 bits per heavy atom. The van der Waals surface area contributed by atoms with Crippen LogP contribution in [0.1, 0.15) is 62.1 Å². The molecule has 40 heavy (non-hydrogen) atoms. The van der Waals surface area contributed by atoms with Gasteiger partial charge >= 0.3 is 5.97 Å². The largest absolute Gasteiger partial charge is 0.461 e. The van der Waals surface area contributed by atoms with Gasteiger partial charge in [-0.3, -0.25) is 4.79 Å². The minimum absolute atomic E-state index is 0.292. The molecule has 0 bridgehead atoms. The van der Waals surface area contributed by atoms with Gasteiger partial charge in [-0.15, -0.1) is 0 Å². The zero-order valence-corrected chi connectivity index (χ0v) is 24.1. The van der Waals surface area contributed by atoms with Gasteiger partial charge < -0.3 is 4.74 Å². The molecule has 1 aliphatic carbocycles. The fourth-order valence-electron chi connectivity index (χ4n) is 5.85. The van der Waals surface area contributed by atoms with E-state index in [1.54, 1.807) is 12.1 Å². The smallest absolute Gasteiger partial charge is 0.314 e. The Kier molecular flexibility index (Phi) is 8.70. The summed E-state index contributed by atoms with van der Waals surface area (Å²) < 4.78 is 33.9. The molecule has 0 aromatic heterocycles. The number of ether oxygens (including phenoxy) is 1. The Balaban J connectivity index is 1.41. The molecule has 0 radical (unpaired) electrons. The van der Waals surface area contributed by atoms with Gasteiger partial charge in [-0.2, -0.15) is 0 Å². The van der Waals surface area contributed by atoms with E-state index in [2.05, 4.69) is 26.0 Å². The van der Waals surface area contributed by atoms with Crippen LogP contribution in [0.5, 0.6) is 0 Å². The molecule has 5 heteroatoms. The normalized spacial score (nSPS) is 18.5. The Hall–Kier alpha value is -3.44. The van der Waals surface area contributed by atoms with Crippen molar-refractivity contribution in [2.45, 2.75) is 74.5 Å². The summed E-state index contributed by atoms with van der Waals surface area (Å²) in [6.45, 7) is 4.38. The van der Waals surface area contributed by atoms with Gasteiger partial charge in [-0.05, 0) is 77.6 Å². The Morgan fingerprint density at radius 2 is 1.43 bits per heavy atom. The van der Waals surface area contributed by atoms with Crippen molar-refractivity contribution in [1.82, 2.24) is 0 Å². The lowest BCUT2D eigenvalue weighted by Crippen LogP contribution is -2.41. The Labute approximate surface area is 238 Å². The number of fused-ring (bicyclic) bond motifs is 1. The van der Waals surface area contributed by atoms with Crippen LogP contribution in [0, 0.1) is 5.92 Å². The Bertz CT molecular complexity index is 1540. The zero-order chi connectivity index (χ0) is 28.1. The molecule has 3 atom stereocenters. The van der Waals surface area contributed by atoms with Gasteiger partial charge in [0.05, 0.1) is 10.8 Å². The van der Waals surface area contributed by atoms with Crippen molar-refractivity contribution in [2.75, 3.05) is 0 Å². The topological polar surface area (TPSA) is 60.4 Å². The molecule has 0 unspecified atom stereocenters. The summed E-state index contributed by atoms with van der Waals surface area (Å²) in [5, 5.41) is 1.13. The number of hydrogen-bond acceptors (Lipinski definition) is 4. The molecule has 0 N–H and O–H groups in total. The summed E-state index contributed by atoms with van der Waals surface area (Å²) in [7, 11) is -3.69. The summed E-state index contributed by atoms with van der Waals surface area (Å²) in [5.41, 5.74) is 3.17. The number of benzene rings is 4. The maximum atomic E-state index is 13.9. The lowest BCUT2D eigenvalue weighted by Gasteiger charge is -2.32. The second kappa shape index (κ2) is 12.4. The zero-order valence-electron chi connectivity index (χ0n) is 23.3. The van der Waals surface area contributed by atoms with Crippen LogP contribution < -0.4 is 0 Å². The summed E-state index contributed by atoms with van der Waals surface area (Å²) >= 11 is 0. The second-order valence-corrected chi connectivity index (χ2v) is 13.6. The van der Waals surface area contributed by atoms with Crippen molar-refractivity contribution < 1.29 is 17.9 Å². The third kappa shape index (κ3) is 6.47. The number of esters is 1. The molecule has 4 aromatic carbocycles. The second-order valence-electron chi connectivity index (χ2n) is 11.4. The molecule has 1 aliphatic rings. The van der Waals surface area contributed by atoms with Gasteiger partial charge in [0, 0.05) is 0 Å². The molecule has 1 saturated carbocycles. The molecule has 208 valence electrons. The Morgan fingerprint density at radius 1 is 0.775 bits per heavy atom. The molecule has 0 spiro atoms. The van der Waals surface area contributed by atoms with E-state index >= 15 is 0 Å². The fraction of sp³-hybridized carbons (Fsp3) is 0.343. The van der Waals surface area contributed by atoms with Crippen LogP contribution in [-0.4, -0.2) is 25.7 Å². The van der Waals surface area contributed by atoms with Crippen LogP contribution >= 0.6 is 0 Å². The van der Waals surface area contributed by atoms with Gasteiger partial charge in [-0.1, -0.05) is 105 Å². The van der Waals surface area contributed by atoms with E-state index < -0.39 is 27.1 Å². The predicted molar refractivity (Wildman–Crippen MR) is 161 cm³/mol. The summed E-state index contributed by atoms with van der Waals surface area (Å²) in [4.78, 5) is 14.1. The maximum absolute atomic E-state index is 13.9. The van der Waals surface area contributed by atoms with Gasteiger partial charge in [0.1, 0.15) is 11.4 Å². The van der Waals surface area contributed by atoms with E-state index in [0.717, 1.165) is 41.2 Å². The minimum Gasteiger partial charge on any atom is -0.461 e. The number of carbonyl (C=O) groups is 1. The first-order chi connectivity index (χ1) is 19.3. The first-order valence-corrected chi connectivity index (χ1v) is 15.9. The van der Waals surface area contributed by atoms with Gasteiger partial charge in [0.2, 0.25) is 0 Å². The van der Waals surface area contributed by atoms with Crippen molar-refractivity contribution >= 4 is 26.6 Å². The molecule has 4 nitrogen and oxygen atoms in total. The van der Waals surface area contributed by atoms with Crippen LogP contribution in [0.3, 0.4) is 0 Å². The monoisotopic (exact) mass is 554 g/mol. The summed E-state index contributed by atoms with van der Waals surface area (Å²) in [6.07, 6.45) is 3.49. The van der Waals surface area contributed by atoms with Crippen LogP contribution in [0.15, 0.2) is 102 Å². The number of hydrogen-bond donors (Lipinski definition) is 0. The molecule has 1 fully saturated rings. The highest BCUT2D eigenvalue weighted by atomic mass is 32.2. The van der Waals surface area contributed by atoms with Crippen molar-refractivity contribution in [3.63, 3.8) is 0 Å². The third-order valence-corrected chi connectivity index (χ3v) is 10.2. The van der Waals surface area contributed by atoms with Gasteiger partial charge in [0.25, 0.3) is 0 Å². The highest BCUT2D eigenvalue weighted by molar-refractivity contribution is 7.92. The first kappa shape index (κ1) is 28.1. The summed E-state index contributed by atoms with van der Waals surface area (Å²) in [5.74, 6) is -0.323. The highest BCUT2D eigenvalue weighted by Gasteiger charge is 2.40. The number of rotatable bonds is 9. The van der Waals surface area contributed by atoms with Crippen LogP contribution in [-0.2, 0) is 32.2 Å². The van der Waals surface area contributed by atoms with Crippen LogP contribution in [0.25, 0.3) is 10.8 Å². The van der Waals surface area contributed by atoms with Crippen molar-refractivity contribution in [2.24, 2.45) is 5.92 Å². The van der Waals surface area contributed by atoms with Crippen LogP contribution in [0.4, 0.5) is 0 Å². The quantitative estimate of drug-likeness (QED) is 0.199. The first-order valence-electron chi connectivity index (χ1n) is 14.4. The number of sulfone groups is 1.